The van der Waals surface area contributed by atoms with E-state index >= 15 is 0 Å². The zero-order valence-corrected chi connectivity index (χ0v) is 18.6. The summed E-state index contributed by atoms with van der Waals surface area (Å²) in [4.78, 5) is 32.7. The van der Waals surface area contributed by atoms with Crippen LogP contribution in [0.2, 0.25) is 0 Å². The van der Waals surface area contributed by atoms with Crippen molar-refractivity contribution in [3.05, 3.63) is 59.4 Å². The third-order valence-corrected chi connectivity index (χ3v) is 6.46. The van der Waals surface area contributed by atoms with Crippen LogP contribution in [0.25, 0.3) is 11.0 Å². The molecule has 3 aromatic rings. The summed E-state index contributed by atoms with van der Waals surface area (Å²) in [5, 5.41) is 8.45. The molecule has 0 bridgehead atoms. The fourth-order valence-corrected chi connectivity index (χ4v) is 4.44. The molecule has 1 saturated heterocycles. The Bertz CT molecular complexity index is 1140. The maximum atomic E-state index is 13.5. The van der Waals surface area contributed by atoms with Crippen LogP contribution in [0.15, 0.2) is 42.6 Å². The lowest BCUT2D eigenvalue weighted by Crippen LogP contribution is -2.46. The number of nitrogens with one attached hydrogen (secondary N) is 1. The number of carbonyl (C=O) groups is 2. The summed E-state index contributed by atoms with van der Waals surface area (Å²) in [6.45, 7) is 5.40. The second-order valence-electron chi connectivity index (χ2n) is 9.20. The van der Waals surface area contributed by atoms with E-state index in [4.69, 9.17) is 4.98 Å². The Balaban J connectivity index is 1.31. The first-order valence-corrected chi connectivity index (χ1v) is 11.5. The minimum Gasteiger partial charge on any atom is -0.349 e. The van der Waals surface area contributed by atoms with Gasteiger partial charge < -0.3 is 10.2 Å². The van der Waals surface area contributed by atoms with E-state index in [2.05, 4.69) is 24.3 Å². The molecule has 0 spiro atoms. The van der Waals surface area contributed by atoms with E-state index in [1.54, 1.807) is 6.20 Å². The zero-order chi connectivity index (χ0) is 22.2. The lowest BCUT2D eigenvalue weighted by atomic mass is 10.0. The molecule has 1 aromatic carbocycles. The third-order valence-electron chi connectivity index (χ3n) is 6.46. The molecule has 1 N–H and O–H groups in total. The molecular weight excluding hydrogens is 402 g/mol. The second kappa shape index (κ2) is 8.37. The van der Waals surface area contributed by atoms with Crippen LogP contribution >= 0.6 is 0 Å². The van der Waals surface area contributed by atoms with Crippen molar-refractivity contribution in [1.29, 1.82) is 0 Å². The molecule has 1 saturated carbocycles. The number of piperidine rings is 1. The maximum absolute atomic E-state index is 13.5. The standard InChI is InChI=1S/C25H29N5O2/c1-16(2)30-23-21(15-26-30)20(14-22(28-23)17-8-9-17)25(32)29-12-10-19(11-13-29)27-24(31)18-6-4-3-5-7-18/h3-7,14-17,19H,8-13H2,1-2H3,(H,27,31). The summed E-state index contributed by atoms with van der Waals surface area (Å²) in [6.07, 6.45) is 5.54. The maximum Gasteiger partial charge on any atom is 0.254 e. The average Bonchev–Trinajstić information content (AvgIpc) is 3.57. The Morgan fingerprint density at radius 1 is 1.06 bits per heavy atom. The van der Waals surface area contributed by atoms with Crippen molar-refractivity contribution in [1.82, 2.24) is 25.0 Å². The highest BCUT2D eigenvalue weighted by Crippen LogP contribution is 2.40. The molecule has 3 heterocycles. The van der Waals surface area contributed by atoms with Crippen LogP contribution in [0.3, 0.4) is 0 Å². The molecule has 2 fully saturated rings. The van der Waals surface area contributed by atoms with Gasteiger partial charge in [0.2, 0.25) is 0 Å². The van der Waals surface area contributed by atoms with Crippen LogP contribution in [-0.2, 0) is 0 Å². The quantitative estimate of drug-likeness (QED) is 0.664. The van der Waals surface area contributed by atoms with E-state index in [0.29, 0.717) is 30.1 Å². The van der Waals surface area contributed by atoms with Crippen LogP contribution in [0.1, 0.15) is 77.9 Å². The van der Waals surface area contributed by atoms with Crippen molar-refractivity contribution in [2.75, 3.05) is 13.1 Å². The SMILES string of the molecule is CC(C)n1ncc2c(C(=O)N3CCC(NC(=O)c4ccccc4)CC3)cc(C3CC3)nc21. The Hall–Kier alpha value is -3.22. The molecule has 0 atom stereocenters. The van der Waals surface area contributed by atoms with E-state index in [1.807, 2.05) is 46.0 Å². The molecule has 166 valence electrons. The molecular formula is C25H29N5O2. The number of hydrogen-bond donors (Lipinski definition) is 1. The van der Waals surface area contributed by atoms with Crippen LogP contribution in [-0.4, -0.2) is 50.6 Å². The van der Waals surface area contributed by atoms with Gasteiger partial charge in [-0.15, -0.1) is 0 Å². The number of aromatic nitrogens is 3. The Morgan fingerprint density at radius 2 is 1.78 bits per heavy atom. The minimum atomic E-state index is -0.0543. The molecule has 0 radical (unpaired) electrons. The number of fused-ring (bicyclic) bond motifs is 1. The summed E-state index contributed by atoms with van der Waals surface area (Å²) in [5.74, 6) is 0.442. The van der Waals surface area contributed by atoms with E-state index in [0.717, 1.165) is 42.4 Å². The molecule has 2 amide bonds. The molecule has 1 aliphatic carbocycles. The van der Waals surface area contributed by atoms with Gasteiger partial charge in [-0.3, -0.25) is 9.59 Å². The number of hydrogen-bond acceptors (Lipinski definition) is 4. The molecule has 2 aromatic heterocycles. The molecule has 5 rings (SSSR count). The number of rotatable bonds is 5. The molecule has 7 nitrogen and oxygen atoms in total. The highest BCUT2D eigenvalue weighted by Gasteiger charge is 2.31. The van der Waals surface area contributed by atoms with Crippen molar-refractivity contribution in [2.45, 2.75) is 57.5 Å². The number of amides is 2. The second-order valence-corrected chi connectivity index (χ2v) is 9.20. The first-order chi connectivity index (χ1) is 15.5. The Labute approximate surface area is 187 Å². The van der Waals surface area contributed by atoms with Crippen LogP contribution in [0.5, 0.6) is 0 Å². The lowest BCUT2D eigenvalue weighted by molar-refractivity contribution is 0.0700. The summed E-state index contributed by atoms with van der Waals surface area (Å²) < 4.78 is 1.91. The van der Waals surface area contributed by atoms with E-state index < -0.39 is 0 Å². The van der Waals surface area contributed by atoms with Gasteiger partial charge >= 0.3 is 0 Å². The number of pyridine rings is 1. The highest BCUT2D eigenvalue weighted by molar-refractivity contribution is 6.05. The number of nitrogens with zero attached hydrogens (tertiary/aromatic N) is 4. The van der Waals surface area contributed by atoms with Gasteiger partial charge in [-0.05, 0) is 57.7 Å². The summed E-state index contributed by atoms with van der Waals surface area (Å²) in [7, 11) is 0. The number of likely N-dealkylation sites (tertiary alicyclic amines) is 1. The van der Waals surface area contributed by atoms with Gasteiger partial charge in [0.15, 0.2) is 5.65 Å². The van der Waals surface area contributed by atoms with Crippen molar-refractivity contribution in [3.63, 3.8) is 0 Å². The molecule has 0 unspecified atom stereocenters. The smallest absolute Gasteiger partial charge is 0.254 e. The van der Waals surface area contributed by atoms with Crippen molar-refractivity contribution in [2.24, 2.45) is 0 Å². The largest absolute Gasteiger partial charge is 0.349 e. The highest BCUT2D eigenvalue weighted by atomic mass is 16.2. The average molecular weight is 432 g/mol. The summed E-state index contributed by atoms with van der Waals surface area (Å²) in [5.41, 5.74) is 3.18. The van der Waals surface area contributed by atoms with Crippen molar-refractivity contribution < 1.29 is 9.59 Å². The van der Waals surface area contributed by atoms with Gasteiger partial charge in [0.25, 0.3) is 11.8 Å². The van der Waals surface area contributed by atoms with Gasteiger partial charge in [-0.25, -0.2) is 9.67 Å². The number of carbonyl (C=O) groups excluding carboxylic acids is 2. The Morgan fingerprint density at radius 3 is 2.44 bits per heavy atom. The molecule has 2 aliphatic rings. The normalized spacial score (nSPS) is 17.2. The van der Waals surface area contributed by atoms with E-state index in [1.165, 1.54) is 0 Å². The Kier molecular flexibility index (Phi) is 5.41. The fraction of sp³-hybridized carbons (Fsp3) is 0.440. The van der Waals surface area contributed by atoms with Gasteiger partial charge in [0.1, 0.15) is 0 Å². The van der Waals surface area contributed by atoms with Gasteiger partial charge in [-0.2, -0.15) is 5.10 Å². The molecule has 7 heteroatoms. The van der Waals surface area contributed by atoms with E-state index in [9.17, 15) is 9.59 Å². The van der Waals surface area contributed by atoms with Crippen LogP contribution < -0.4 is 5.32 Å². The summed E-state index contributed by atoms with van der Waals surface area (Å²) in [6, 6.07) is 11.5. The molecule has 32 heavy (non-hydrogen) atoms. The van der Waals surface area contributed by atoms with Crippen molar-refractivity contribution >= 4 is 22.8 Å². The van der Waals surface area contributed by atoms with Crippen molar-refractivity contribution in [3.8, 4) is 0 Å². The predicted octanol–water partition coefficient (Wildman–Crippen LogP) is 3.92. The van der Waals surface area contributed by atoms with E-state index in [-0.39, 0.29) is 23.9 Å². The first kappa shape index (κ1) is 20.7. The third kappa shape index (κ3) is 3.99. The topological polar surface area (TPSA) is 80.1 Å². The van der Waals surface area contributed by atoms with Gasteiger partial charge in [0, 0.05) is 42.3 Å². The number of benzene rings is 1. The summed E-state index contributed by atoms with van der Waals surface area (Å²) >= 11 is 0. The zero-order valence-electron chi connectivity index (χ0n) is 18.6. The fourth-order valence-electron chi connectivity index (χ4n) is 4.44. The first-order valence-electron chi connectivity index (χ1n) is 11.5. The lowest BCUT2D eigenvalue weighted by Gasteiger charge is -2.32. The molecule has 1 aliphatic heterocycles. The van der Waals surface area contributed by atoms with Gasteiger partial charge in [0.05, 0.1) is 17.1 Å². The predicted molar refractivity (Wildman–Crippen MR) is 123 cm³/mol. The monoisotopic (exact) mass is 431 g/mol. The van der Waals surface area contributed by atoms with Crippen LogP contribution in [0, 0.1) is 0 Å². The minimum absolute atomic E-state index is 0.0374. The van der Waals surface area contributed by atoms with Crippen LogP contribution in [0.4, 0.5) is 0 Å². The van der Waals surface area contributed by atoms with Gasteiger partial charge in [-0.1, -0.05) is 18.2 Å².